The average molecular weight is 411 g/mol. The maximum absolute atomic E-state index is 12.2. The van der Waals surface area contributed by atoms with Crippen molar-refractivity contribution in [3.05, 3.63) is 0 Å². The summed E-state index contributed by atoms with van der Waals surface area (Å²) >= 11 is 0. The van der Waals surface area contributed by atoms with E-state index in [2.05, 4.69) is 4.90 Å². The first kappa shape index (κ1) is 21.6. The van der Waals surface area contributed by atoms with Crippen molar-refractivity contribution in [1.29, 1.82) is 5.41 Å². The van der Waals surface area contributed by atoms with Crippen LogP contribution in [0.3, 0.4) is 0 Å². The highest BCUT2D eigenvalue weighted by molar-refractivity contribution is 5.74. The summed E-state index contributed by atoms with van der Waals surface area (Å²) in [6, 6.07) is 0.0332. The number of carbonyl (C=O) groups excluding carboxylic acids is 1. The molecule has 0 aliphatic carbocycles. The molecular weight excluding hydrogens is 376 g/mol. The number of likely N-dealkylation sites (N-methyl/N-ethyl adjacent to an activating group) is 1. The molecule has 10 nitrogen and oxygen atoms in total. The lowest BCUT2D eigenvalue weighted by Crippen LogP contribution is -2.54. The van der Waals surface area contributed by atoms with E-state index in [1.807, 2.05) is 9.80 Å². The molecule has 0 saturated carbocycles. The number of rotatable bonds is 7. The van der Waals surface area contributed by atoms with Gasteiger partial charge >= 0.3 is 12.1 Å². The van der Waals surface area contributed by atoms with Crippen molar-refractivity contribution >= 4 is 18.0 Å². The lowest BCUT2D eigenvalue weighted by molar-refractivity contribution is -0.139. The summed E-state index contributed by atoms with van der Waals surface area (Å²) in [4.78, 5) is 30.8. The zero-order chi connectivity index (χ0) is 21.0. The van der Waals surface area contributed by atoms with Crippen LogP contribution in [0.25, 0.3) is 0 Å². The highest BCUT2D eigenvalue weighted by Crippen LogP contribution is 2.28. The number of hydrogen-bond donors (Lipinski definition) is 3. The Balaban J connectivity index is 1.45. The molecule has 2 unspecified atom stereocenters. The number of likely N-dealkylation sites (tertiary alicyclic amines) is 1. The number of nitrogens with one attached hydrogen (secondary N) is 1. The van der Waals surface area contributed by atoms with Crippen LogP contribution in [-0.2, 0) is 9.53 Å². The van der Waals surface area contributed by atoms with Crippen LogP contribution in [0.15, 0.2) is 0 Å². The lowest BCUT2D eigenvalue weighted by Gasteiger charge is -2.38. The van der Waals surface area contributed by atoms with Gasteiger partial charge in [-0.1, -0.05) is 12.8 Å². The highest BCUT2D eigenvalue weighted by atomic mass is 16.6. The molecule has 2 atom stereocenters. The number of piperidine rings is 1. The zero-order valence-electron chi connectivity index (χ0n) is 17.3. The summed E-state index contributed by atoms with van der Waals surface area (Å²) in [5, 5.41) is 16.5. The first-order chi connectivity index (χ1) is 13.8. The molecule has 1 amide bonds. The third-order valence-corrected chi connectivity index (χ3v) is 6.53. The highest BCUT2D eigenvalue weighted by Gasteiger charge is 2.43. The molecular formula is C19H34N6O4. The van der Waals surface area contributed by atoms with Gasteiger partial charge in [-0.3, -0.25) is 20.0 Å². The molecule has 0 aromatic rings. The number of aliphatic carboxylic acids is 1. The number of amides is 1. The van der Waals surface area contributed by atoms with Crippen LogP contribution in [-0.4, -0.2) is 108 Å². The Morgan fingerprint density at radius 1 is 1.17 bits per heavy atom. The van der Waals surface area contributed by atoms with Crippen LogP contribution in [0.2, 0.25) is 0 Å². The third kappa shape index (κ3) is 5.51. The fourth-order valence-corrected chi connectivity index (χ4v) is 4.69. The molecule has 10 heteroatoms. The van der Waals surface area contributed by atoms with Gasteiger partial charge in [-0.25, -0.2) is 4.79 Å². The predicted molar refractivity (Wildman–Crippen MR) is 108 cm³/mol. The largest absolute Gasteiger partial charge is 0.480 e. The molecule has 0 spiro atoms. The van der Waals surface area contributed by atoms with Gasteiger partial charge < -0.3 is 25.4 Å². The Morgan fingerprint density at radius 3 is 2.41 bits per heavy atom. The quantitative estimate of drug-likeness (QED) is 0.402. The van der Waals surface area contributed by atoms with Gasteiger partial charge in [0.1, 0.15) is 0 Å². The van der Waals surface area contributed by atoms with Gasteiger partial charge in [0.2, 0.25) is 0 Å². The second-order valence-corrected chi connectivity index (χ2v) is 8.40. The summed E-state index contributed by atoms with van der Waals surface area (Å²) in [6.07, 6.45) is 4.64. The molecule has 4 N–H and O–H groups in total. The van der Waals surface area contributed by atoms with Gasteiger partial charge in [0, 0.05) is 46.3 Å². The maximum atomic E-state index is 12.2. The van der Waals surface area contributed by atoms with Crippen molar-refractivity contribution in [1.82, 2.24) is 19.6 Å². The normalized spacial score (nSPS) is 27.3. The number of ether oxygens (including phenoxy) is 1. The average Bonchev–Trinajstić information content (AvgIpc) is 2.97. The monoisotopic (exact) mass is 410 g/mol. The second kappa shape index (κ2) is 9.62. The molecule has 3 saturated heterocycles. The van der Waals surface area contributed by atoms with E-state index < -0.39 is 5.97 Å². The number of cyclic esters (lactones) is 1. The number of carboxylic acid groups (broad SMARTS) is 1. The van der Waals surface area contributed by atoms with E-state index in [9.17, 15) is 9.59 Å². The Kier molecular flexibility index (Phi) is 7.18. The molecule has 164 valence electrons. The second-order valence-electron chi connectivity index (χ2n) is 8.40. The van der Waals surface area contributed by atoms with Crippen LogP contribution in [0.1, 0.15) is 32.1 Å². The Morgan fingerprint density at radius 2 is 1.83 bits per heavy atom. The lowest BCUT2D eigenvalue weighted by atomic mass is 9.90. The van der Waals surface area contributed by atoms with E-state index in [4.69, 9.17) is 21.0 Å². The van der Waals surface area contributed by atoms with Crippen molar-refractivity contribution in [2.45, 2.75) is 44.4 Å². The molecule has 29 heavy (non-hydrogen) atoms. The molecule has 0 radical (unpaired) electrons. The number of piperazine rings is 1. The van der Waals surface area contributed by atoms with E-state index in [0.29, 0.717) is 32.1 Å². The van der Waals surface area contributed by atoms with Crippen LogP contribution < -0.4 is 5.73 Å². The Bertz CT molecular complexity index is 602. The van der Waals surface area contributed by atoms with Crippen LogP contribution in [0.5, 0.6) is 0 Å². The Labute approximate surface area is 172 Å². The molecule has 0 aromatic heterocycles. The van der Waals surface area contributed by atoms with E-state index in [1.54, 1.807) is 11.9 Å². The standard InChI is InChI=1S/C19H34N6O4/c1-22-15(4-2-3-14-5-7-25(8-6-14)18(20)21)17(29-19(22)28)24-11-9-23(10-12-24)13-16(26)27/h14-15,17H,2-13H2,1H3,(H3,20,21)(H,26,27). The van der Waals surface area contributed by atoms with Crippen molar-refractivity contribution in [2.75, 3.05) is 52.9 Å². The molecule has 3 aliphatic heterocycles. The molecule has 3 aliphatic rings. The van der Waals surface area contributed by atoms with Gasteiger partial charge in [0.25, 0.3) is 0 Å². The summed E-state index contributed by atoms with van der Waals surface area (Å²) in [7, 11) is 1.80. The number of nitrogens with zero attached hydrogens (tertiary/aromatic N) is 4. The van der Waals surface area contributed by atoms with E-state index >= 15 is 0 Å². The number of nitrogens with two attached hydrogens (primary N) is 1. The zero-order valence-corrected chi connectivity index (χ0v) is 17.3. The summed E-state index contributed by atoms with van der Waals surface area (Å²) in [5.41, 5.74) is 5.56. The SMILES string of the molecule is CN1C(=O)OC(N2CCN(CC(=O)O)CC2)C1CCCC1CCN(C(=N)N)CC1. The smallest absolute Gasteiger partial charge is 0.411 e. The topological polar surface area (TPSA) is 126 Å². The number of guanidine groups is 1. The van der Waals surface area contributed by atoms with Gasteiger partial charge in [0.15, 0.2) is 12.2 Å². The van der Waals surface area contributed by atoms with Crippen molar-refractivity contribution in [3.63, 3.8) is 0 Å². The van der Waals surface area contributed by atoms with Gasteiger partial charge in [-0.05, 0) is 25.2 Å². The van der Waals surface area contributed by atoms with Crippen molar-refractivity contribution in [2.24, 2.45) is 11.7 Å². The minimum Gasteiger partial charge on any atom is -0.480 e. The minimum absolute atomic E-state index is 0.0332. The summed E-state index contributed by atoms with van der Waals surface area (Å²) in [6.45, 7) is 4.53. The first-order valence-corrected chi connectivity index (χ1v) is 10.6. The third-order valence-electron chi connectivity index (χ3n) is 6.53. The van der Waals surface area contributed by atoms with E-state index in [-0.39, 0.29) is 30.9 Å². The van der Waals surface area contributed by atoms with Gasteiger partial charge in [0.05, 0.1) is 12.6 Å². The van der Waals surface area contributed by atoms with Crippen LogP contribution in [0.4, 0.5) is 4.79 Å². The van der Waals surface area contributed by atoms with Crippen molar-refractivity contribution in [3.8, 4) is 0 Å². The minimum atomic E-state index is -0.808. The summed E-state index contributed by atoms with van der Waals surface area (Å²) in [5.74, 6) is 0.00224. The van der Waals surface area contributed by atoms with Gasteiger partial charge in [-0.2, -0.15) is 0 Å². The number of carbonyl (C=O) groups is 2. The molecule has 0 aromatic carbocycles. The van der Waals surface area contributed by atoms with E-state index in [1.165, 1.54) is 0 Å². The number of hydrogen-bond acceptors (Lipinski definition) is 6. The fourth-order valence-electron chi connectivity index (χ4n) is 4.69. The Hall–Kier alpha value is -2.07. The molecule has 0 bridgehead atoms. The van der Waals surface area contributed by atoms with Crippen molar-refractivity contribution < 1.29 is 19.4 Å². The van der Waals surface area contributed by atoms with Crippen LogP contribution in [0, 0.1) is 11.3 Å². The maximum Gasteiger partial charge on any atom is 0.411 e. The van der Waals surface area contributed by atoms with E-state index in [0.717, 1.165) is 45.2 Å². The predicted octanol–water partition coefficient (Wildman–Crippen LogP) is 0.241. The first-order valence-electron chi connectivity index (χ1n) is 10.6. The molecule has 3 heterocycles. The number of carboxylic acids is 1. The molecule has 3 fully saturated rings. The molecule has 3 rings (SSSR count). The van der Waals surface area contributed by atoms with Gasteiger partial charge in [-0.15, -0.1) is 0 Å². The fraction of sp³-hybridized carbons (Fsp3) is 0.842. The summed E-state index contributed by atoms with van der Waals surface area (Å²) < 4.78 is 5.66. The van der Waals surface area contributed by atoms with Crippen LogP contribution >= 0.6 is 0 Å².